The van der Waals surface area contributed by atoms with Crippen LogP contribution in [0.2, 0.25) is 0 Å². The highest BCUT2D eigenvalue weighted by Gasteiger charge is 2.36. The molecule has 208 valence electrons. The topological polar surface area (TPSA) is 332 Å². The molecule has 21 heteroatoms. The lowest BCUT2D eigenvalue weighted by molar-refractivity contribution is -0.133. The Morgan fingerprint density at radius 3 is 1.60 bits per heavy atom. The summed E-state index contributed by atoms with van der Waals surface area (Å²) in [6.07, 6.45) is -14.0. The molecule has 0 aromatic heterocycles. The number of aldehydes is 2. The first-order valence-electron chi connectivity index (χ1n) is 8.96. The molecule has 0 heterocycles. The molecule has 0 aliphatic rings. The minimum absolute atomic E-state index is 0.108. The summed E-state index contributed by atoms with van der Waals surface area (Å²) in [6, 6.07) is -1.54. The fourth-order valence-corrected chi connectivity index (χ4v) is 2.98. The van der Waals surface area contributed by atoms with E-state index in [1.54, 1.807) is 0 Å². The van der Waals surface area contributed by atoms with Gasteiger partial charge in [-0.15, -0.1) is 0 Å². The van der Waals surface area contributed by atoms with Crippen LogP contribution in [0.25, 0.3) is 0 Å². The zero-order chi connectivity index (χ0) is 28.1. The van der Waals surface area contributed by atoms with Crippen LogP contribution in [-0.4, -0.2) is 142 Å². The summed E-state index contributed by atoms with van der Waals surface area (Å²) in [5.74, 6) is -0.681. The zero-order valence-corrected chi connectivity index (χ0v) is 19.3. The quantitative estimate of drug-likeness (QED) is 0.0655. The van der Waals surface area contributed by atoms with Crippen molar-refractivity contribution >= 4 is 39.3 Å². The lowest BCUT2D eigenvalue weighted by Gasteiger charge is -2.27. The predicted octanol–water partition coefficient (Wildman–Crippen LogP) is -6.96. The monoisotopic (exact) mass is 561 g/mol. The zero-order valence-electron chi connectivity index (χ0n) is 17.7. The van der Waals surface area contributed by atoms with Crippen LogP contribution in [0.1, 0.15) is 6.92 Å². The molecule has 0 aromatic rings. The first kappa shape index (κ1) is 35.4. The number of carbonyl (C=O) groups is 3. The second kappa shape index (κ2) is 16.1. The molecule has 0 radical (unpaired) electrons. The number of hydrogen-bond acceptors (Lipinski definition) is 16. The van der Waals surface area contributed by atoms with Gasteiger partial charge in [-0.2, -0.15) is 16.8 Å². The molecule has 0 saturated carbocycles. The molecule has 0 bridgehead atoms. The van der Waals surface area contributed by atoms with Gasteiger partial charge in [0.2, 0.25) is 5.91 Å². The number of carbonyl (C=O) groups excluding carboxylic acids is 3. The normalized spacial score (nSPS) is 18.9. The number of amides is 1. The van der Waals surface area contributed by atoms with Gasteiger partial charge in [0.25, 0.3) is 0 Å². The van der Waals surface area contributed by atoms with Gasteiger partial charge < -0.3 is 50.7 Å². The van der Waals surface area contributed by atoms with Crippen LogP contribution in [-0.2, 0) is 43.5 Å². The lowest BCUT2D eigenvalue weighted by atomic mass is 10.0. The first-order valence-corrected chi connectivity index (χ1v) is 11.7. The van der Waals surface area contributed by atoms with Gasteiger partial charge >= 0.3 is 20.8 Å². The van der Waals surface area contributed by atoms with Crippen LogP contribution in [0.4, 0.5) is 0 Å². The van der Waals surface area contributed by atoms with E-state index in [9.17, 15) is 46.5 Å². The fraction of sp³-hybridized carbons (Fsp3) is 0.786. The van der Waals surface area contributed by atoms with E-state index in [-0.39, 0.29) is 12.6 Å². The lowest BCUT2D eigenvalue weighted by Crippen LogP contribution is -2.53. The van der Waals surface area contributed by atoms with Crippen molar-refractivity contribution in [3.63, 3.8) is 0 Å². The second-order valence-corrected chi connectivity index (χ2v) is 8.54. The van der Waals surface area contributed by atoms with Gasteiger partial charge in [-0.3, -0.25) is 13.9 Å². The largest absolute Gasteiger partial charge is 0.398 e. The Kier molecular flexibility index (Phi) is 16.3. The van der Waals surface area contributed by atoms with Crippen LogP contribution >= 0.6 is 0 Å². The Hall–Kier alpha value is -1.73. The molecule has 0 aromatic carbocycles. The highest BCUT2D eigenvalue weighted by atomic mass is 32.3. The Balaban J connectivity index is 0. The van der Waals surface area contributed by atoms with Crippen molar-refractivity contribution in [1.29, 1.82) is 0 Å². The van der Waals surface area contributed by atoms with Gasteiger partial charge in [-0.05, 0) is 0 Å². The van der Waals surface area contributed by atoms with E-state index in [2.05, 4.69) is 8.37 Å². The van der Waals surface area contributed by atoms with Crippen molar-refractivity contribution in [3.05, 3.63) is 0 Å². The number of aliphatic hydroxyl groups is 7. The average molecular weight is 561 g/mol. The van der Waals surface area contributed by atoms with Crippen molar-refractivity contribution in [3.8, 4) is 0 Å². The average Bonchev–Trinajstić information content (AvgIpc) is 2.75. The van der Waals surface area contributed by atoms with Gasteiger partial charge in [-0.25, -0.2) is 8.37 Å². The summed E-state index contributed by atoms with van der Waals surface area (Å²) in [7, 11) is -9.97. The number of aliphatic hydroxyl groups excluding tert-OH is 7. The maximum Gasteiger partial charge on any atom is 0.398 e. The molecule has 0 fully saturated rings. The Bertz CT molecular complexity index is 862. The van der Waals surface area contributed by atoms with Crippen LogP contribution in [0.5, 0.6) is 0 Å². The summed E-state index contributed by atoms with van der Waals surface area (Å²) in [5.41, 5.74) is 0. The predicted molar refractivity (Wildman–Crippen MR) is 107 cm³/mol. The smallest absolute Gasteiger partial charge is 0.394 e. The molecule has 0 rings (SSSR count). The van der Waals surface area contributed by atoms with Gasteiger partial charge in [0.05, 0.1) is 13.2 Å². The summed E-state index contributed by atoms with van der Waals surface area (Å²) in [5, 5.41) is 65.5. The van der Waals surface area contributed by atoms with Crippen LogP contribution in [0.15, 0.2) is 0 Å². The first-order chi connectivity index (χ1) is 15.8. The molecular formula is C14H27NO18S2. The van der Waals surface area contributed by atoms with Crippen LogP contribution < -0.4 is 5.32 Å². The Morgan fingerprint density at radius 1 is 0.800 bits per heavy atom. The van der Waals surface area contributed by atoms with Crippen molar-refractivity contribution in [2.75, 3.05) is 13.2 Å². The van der Waals surface area contributed by atoms with E-state index in [0.29, 0.717) is 0 Å². The summed E-state index contributed by atoms with van der Waals surface area (Å²) < 4.78 is 65.6. The number of rotatable bonds is 15. The summed E-state index contributed by atoms with van der Waals surface area (Å²) >= 11 is 0. The SMILES string of the molecule is CC(=O)N[C@H](C=O)[C@@H](O)[C@H](O)[C@@H](CO)OS(=O)(=O)O.O=C[C@@H](OS(=O)(=O)O)[C@@H](O)[C@H](O)[C@H](O)CO. The molecule has 0 aliphatic heterocycles. The highest BCUT2D eigenvalue weighted by Crippen LogP contribution is 2.10. The molecule has 0 aliphatic carbocycles. The van der Waals surface area contributed by atoms with E-state index >= 15 is 0 Å². The van der Waals surface area contributed by atoms with E-state index < -0.39 is 88.7 Å². The number of nitrogens with one attached hydrogen (secondary N) is 1. The third kappa shape index (κ3) is 15.1. The third-order valence-electron chi connectivity index (χ3n) is 3.68. The molecule has 0 spiro atoms. The maximum atomic E-state index is 10.7. The van der Waals surface area contributed by atoms with E-state index in [1.807, 2.05) is 5.32 Å². The minimum Gasteiger partial charge on any atom is -0.394 e. The van der Waals surface area contributed by atoms with E-state index in [0.717, 1.165) is 6.92 Å². The molecule has 10 N–H and O–H groups in total. The molecule has 19 nitrogen and oxygen atoms in total. The summed E-state index contributed by atoms with van der Waals surface area (Å²) in [6.45, 7) is -0.937. The van der Waals surface area contributed by atoms with Gasteiger partial charge in [0.1, 0.15) is 49.0 Å². The van der Waals surface area contributed by atoms with Gasteiger partial charge in [0, 0.05) is 6.92 Å². The fourth-order valence-electron chi connectivity index (χ4n) is 2.05. The highest BCUT2D eigenvalue weighted by molar-refractivity contribution is 7.81. The standard InChI is InChI=1S/C8H15NO9S.C6H12O9S/c1-4(12)9-5(2-10)7(13)8(14)6(3-11)18-19(15,16)17;7-1-3(9)5(10)6(11)4(2-8)15-16(12,13)14/h2,5-8,11,13-14H,3H2,1H3,(H,9,12)(H,15,16,17);2-7,9-11H,1H2,(H,12,13,14)/t5-,6-,7-,8-;3-,4-,5-,6-/m11/s1. The maximum absolute atomic E-state index is 10.7. The molecule has 8 atom stereocenters. The molecule has 1 amide bonds. The molecule has 0 saturated heterocycles. The van der Waals surface area contributed by atoms with E-state index in [1.165, 1.54) is 0 Å². The molecular weight excluding hydrogens is 534 g/mol. The van der Waals surface area contributed by atoms with Crippen LogP contribution in [0.3, 0.4) is 0 Å². The minimum atomic E-state index is -4.99. The Labute approximate surface area is 198 Å². The Morgan fingerprint density at radius 2 is 1.29 bits per heavy atom. The van der Waals surface area contributed by atoms with Crippen LogP contribution in [0, 0.1) is 0 Å². The molecule has 35 heavy (non-hydrogen) atoms. The van der Waals surface area contributed by atoms with Gasteiger partial charge in [-0.1, -0.05) is 0 Å². The van der Waals surface area contributed by atoms with Crippen molar-refractivity contribution in [1.82, 2.24) is 5.32 Å². The van der Waals surface area contributed by atoms with Gasteiger partial charge in [0.15, 0.2) is 12.4 Å². The van der Waals surface area contributed by atoms with Crippen molar-refractivity contribution < 1.29 is 84.4 Å². The van der Waals surface area contributed by atoms with E-state index in [4.69, 9.17) is 29.5 Å². The van der Waals surface area contributed by atoms with Crippen molar-refractivity contribution in [2.24, 2.45) is 0 Å². The molecule has 0 unspecified atom stereocenters. The van der Waals surface area contributed by atoms with Crippen molar-refractivity contribution in [2.45, 2.75) is 55.7 Å². The summed E-state index contributed by atoms with van der Waals surface area (Å²) in [4.78, 5) is 31.7. The third-order valence-corrected chi connectivity index (χ3v) is 4.63. The number of hydrogen-bond donors (Lipinski definition) is 10. The second-order valence-electron chi connectivity index (χ2n) is 6.44.